The molecular weight excluding hydrogens is 803 g/mol. The van der Waals surface area contributed by atoms with Crippen LogP contribution in [0.15, 0.2) is 64.8 Å². The summed E-state index contributed by atoms with van der Waals surface area (Å²) in [6.07, 6.45) is 17.4. The highest BCUT2D eigenvalue weighted by molar-refractivity contribution is 7.99. The summed E-state index contributed by atoms with van der Waals surface area (Å²) >= 11 is 1.54. The van der Waals surface area contributed by atoms with Crippen molar-refractivity contribution in [1.82, 2.24) is 30.4 Å². The predicted molar refractivity (Wildman–Crippen MR) is 240 cm³/mol. The van der Waals surface area contributed by atoms with Gasteiger partial charge >= 0.3 is 0 Å². The van der Waals surface area contributed by atoms with E-state index in [0.29, 0.717) is 31.5 Å². The highest BCUT2D eigenvalue weighted by Gasteiger charge is 2.39. The zero-order valence-corrected chi connectivity index (χ0v) is 37.0. The summed E-state index contributed by atoms with van der Waals surface area (Å²) < 4.78 is 0. The lowest BCUT2D eigenvalue weighted by Gasteiger charge is -2.37. The van der Waals surface area contributed by atoms with Gasteiger partial charge in [0.05, 0.1) is 12.4 Å². The number of anilines is 2. The minimum atomic E-state index is -0.636. The fourth-order valence-electron chi connectivity index (χ4n) is 8.90. The Bertz CT molecular complexity index is 2050. The summed E-state index contributed by atoms with van der Waals surface area (Å²) in [5.41, 5.74) is 9.31. The maximum atomic E-state index is 13.2. The maximum absolute atomic E-state index is 13.2. The zero-order valence-electron chi connectivity index (χ0n) is 36.2. The number of nitrogens with zero attached hydrogens (tertiary/aromatic N) is 5. The number of carbonyl (C=O) groups excluding carboxylic acids is 5. The average Bonchev–Trinajstić information content (AvgIpc) is 3.58. The number of benzene rings is 2. The SMILES string of the molecule is CC1(N)CCN(c2cnc(Sc3cccc(NC(=O)C4CCN(CCCCCCCCCCC(=O)NCc5ccc6c(c5)CN(C5CCC(=O)NC5=O)C6=O)CC4)c3)cn2)CC1. The average molecular weight is 866 g/mol. The van der Waals surface area contributed by atoms with E-state index in [2.05, 4.69) is 42.6 Å². The maximum Gasteiger partial charge on any atom is 0.255 e. The molecule has 0 saturated carbocycles. The van der Waals surface area contributed by atoms with Crippen LogP contribution in [0.4, 0.5) is 11.5 Å². The molecule has 5 N–H and O–H groups in total. The number of nitrogens with one attached hydrogen (secondary N) is 3. The van der Waals surface area contributed by atoms with Crippen LogP contribution in [0.1, 0.15) is 125 Å². The number of likely N-dealkylation sites (tertiary alicyclic amines) is 1. The molecule has 0 radical (unpaired) electrons. The van der Waals surface area contributed by atoms with E-state index in [-0.39, 0.29) is 41.5 Å². The molecular formula is C47H63N9O5S. The molecule has 1 atom stereocenters. The Morgan fingerprint density at radius 2 is 1.63 bits per heavy atom. The zero-order chi connectivity index (χ0) is 43.5. The van der Waals surface area contributed by atoms with Gasteiger partial charge in [-0.25, -0.2) is 9.97 Å². The van der Waals surface area contributed by atoms with Crippen LogP contribution in [0.3, 0.4) is 0 Å². The number of hydrogen-bond donors (Lipinski definition) is 4. The van der Waals surface area contributed by atoms with Crippen LogP contribution in [0.2, 0.25) is 0 Å². The molecule has 3 aromatic rings. The summed E-state index contributed by atoms with van der Waals surface area (Å²) in [6.45, 7) is 7.60. The predicted octanol–water partition coefficient (Wildman–Crippen LogP) is 6.18. The van der Waals surface area contributed by atoms with E-state index in [1.165, 1.54) is 37.0 Å². The van der Waals surface area contributed by atoms with Gasteiger partial charge in [0.25, 0.3) is 5.91 Å². The molecule has 4 aliphatic rings. The van der Waals surface area contributed by atoms with Crippen LogP contribution in [0.5, 0.6) is 0 Å². The van der Waals surface area contributed by atoms with Gasteiger partial charge in [-0.05, 0) is 107 Å². The molecule has 2 aromatic carbocycles. The van der Waals surface area contributed by atoms with Crippen molar-refractivity contribution in [3.63, 3.8) is 0 Å². The number of unbranched alkanes of at least 4 members (excludes halogenated alkanes) is 7. The van der Waals surface area contributed by atoms with Gasteiger partial charge in [0.1, 0.15) is 16.9 Å². The summed E-state index contributed by atoms with van der Waals surface area (Å²) in [7, 11) is 0. The topological polar surface area (TPSA) is 183 Å². The Labute approximate surface area is 369 Å². The number of rotatable bonds is 19. The van der Waals surface area contributed by atoms with Crippen LogP contribution < -0.4 is 26.6 Å². The van der Waals surface area contributed by atoms with Crippen molar-refractivity contribution in [2.45, 2.75) is 138 Å². The lowest BCUT2D eigenvalue weighted by Crippen LogP contribution is -2.52. The molecule has 14 nitrogen and oxygen atoms in total. The van der Waals surface area contributed by atoms with Crippen molar-refractivity contribution in [3.8, 4) is 0 Å². The van der Waals surface area contributed by atoms with E-state index in [9.17, 15) is 24.0 Å². The van der Waals surface area contributed by atoms with Gasteiger partial charge in [-0.2, -0.15) is 0 Å². The highest BCUT2D eigenvalue weighted by atomic mass is 32.2. The van der Waals surface area contributed by atoms with Crippen molar-refractivity contribution < 1.29 is 24.0 Å². The minimum absolute atomic E-state index is 0.0263. The lowest BCUT2D eigenvalue weighted by atomic mass is 9.91. The Kier molecular flexibility index (Phi) is 15.7. The standard InChI is InChI=1S/C47H63N9O5S/c1-47(48)20-25-55(26-21-47)40-30-51-43(31-49-40)62-37-12-10-11-36(28-37)52-44(59)34-18-23-54(24-19-34)22-9-7-5-3-2-4-6-8-13-41(57)50-29-33-14-15-38-35(27-33)32-56(46(38)61)39-16-17-42(58)53-45(39)60/h10-12,14-15,27-28,30-31,34,39H,2-9,13,16-26,29,32,48H2,1H3,(H,50,57)(H,52,59)(H,53,58,60). The van der Waals surface area contributed by atoms with Crippen molar-refractivity contribution in [2.75, 3.05) is 42.9 Å². The number of carbonyl (C=O) groups is 5. The van der Waals surface area contributed by atoms with Crippen molar-refractivity contribution in [1.29, 1.82) is 0 Å². The first-order valence-corrected chi connectivity index (χ1v) is 23.5. The Morgan fingerprint density at radius 3 is 2.35 bits per heavy atom. The fraction of sp³-hybridized carbons (Fsp3) is 0.553. The van der Waals surface area contributed by atoms with Gasteiger partial charge in [-0.15, -0.1) is 0 Å². The number of nitrogens with two attached hydrogens (primary N) is 1. The second-order valence-corrected chi connectivity index (χ2v) is 18.9. The summed E-state index contributed by atoms with van der Waals surface area (Å²) in [6, 6.07) is 12.9. The number of hydrogen-bond acceptors (Lipinski definition) is 11. The molecule has 5 amide bonds. The molecule has 1 aromatic heterocycles. The number of piperidine rings is 3. The van der Waals surface area contributed by atoms with Crippen LogP contribution in [-0.4, -0.2) is 93.6 Å². The molecule has 0 spiro atoms. The molecule has 15 heteroatoms. The smallest absolute Gasteiger partial charge is 0.255 e. The number of amides is 5. The Morgan fingerprint density at radius 1 is 0.887 bits per heavy atom. The van der Waals surface area contributed by atoms with Crippen LogP contribution in [0, 0.1) is 5.92 Å². The van der Waals surface area contributed by atoms with Crippen LogP contribution >= 0.6 is 11.8 Å². The monoisotopic (exact) mass is 865 g/mol. The van der Waals surface area contributed by atoms with Crippen LogP contribution in [0.25, 0.3) is 0 Å². The first kappa shape index (κ1) is 45.2. The lowest BCUT2D eigenvalue weighted by molar-refractivity contribution is -0.137. The van der Waals surface area contributed by atoms with Gasteiger partial charge in [0.15, 0.2) is 0 Å². The molecule has 62 heavy (non-hydrogen) atoms. The number of aromatic nitrogens is 2. The molecule has 4 aliphatic heterocycles. The third-order valence-electron chi connectivity index (χ3n) is 12.8. The summed E-state index contributed by atoms with van der Waals surface area (Å²) in [4.78, 5) is 79.1. The summed E-state index contributed by atoms with van der Waals surface area (Å²) in [5, 5.41) is 9.32. The molecule has 5 heterocycles. The largest absolute Gasteiger partial charge is 0.355 e. The minimum Gasteiger partial charge on any atom is -0.355 e. The van der Waals surface area contributed by atoms with E-state index >= 15 is 0 Å². The highest BCUT2D eigenvalue weighted by Crippen LogP contribution is 2.31. The van der Waals surface area contributed by atoms with E-state index in [4.69, 9.17) is 5.73 Å². The molecule has 7 rings (SSSR count). The second kappa shape index (κ2) is 21.5. The first-order chi connectivity index (χ1) is 30.0. The normalized spacial score (nSPS) is 19.3. The molecule has 0 aliphatic carbocycles. The van der Waals surface area contributed by atoms with E-state index in [0.717, 1.165) is 110 Å². The van der Waals surface area contributed by atoms with Gasteiger partial charge in [0, 0.05) is 66.6 Å². The van der Waals surface area contributed by atoms with Gasteiger partial charge in [0.2, 0.25) is 23.6 Å². The molecule has 1 unspecified atom stereocenters. The first-order valence-electron chi connectivity index (χ1n) is 22.7. The third-order valence-corrected chi connectivity index (χ3v) is 13.7. The van der Waals surface area contributed by atoms with E-state index < -0.39 is 11.9 Å². The third kappa shape index (κ3) is 12.6. The Hall–Kier alpha value is -4.86. The Balaban J connectivity index is 0.691. The quantitative estimate of drug-likeness (QED) is 0.0798. The van der Waals surface area contributed by atoms with Gasteiger partial charge < -0.3 is 31.1 Å². The van der Waals surface area contributed by atoms with Crippen molar-refractivity contribution in [2.24, 2.45) is 11.7 Å². The van der Waals surface area contributed by atoms with E-state index in [1.807, 2.05) is 48.8 Å². The number of fused-ring (bicyclic) bond motifs is 1. The molecule has 332 valence electrons. The second-order valence-electron chi connectivity index (χ2n) is 17.8. The fourth-order valence-corrected chi connectivity index (χ4v) is 9.69. The summed E-state index contributed by atoms with van der Waals surface area (Å²) in [5.74, 6) is 0.121. The van der Waals surface area contributed by atoms with Gasteiger partial charge in [-0.3, -0.25) is 29.3 Å². The van der Waals surface area contributed by atoms with Crippen molar-refractivity contribution in [3.05, 3.63) is 71.5 Å². The molecule has 3 fully saturated rings. The van der Waals surface area contributed by atoms with Gasteiger partial charge in [-0.1, -0.05) is 68.5 Å². The van der Waals surface area contributed by atoms with Crippen molar-refractivity contribution >= 4 is 52.8 Å². The number of imide groups is 1. The van der Waals surface area contributed by atoms with Crippen LogP contribution in [-0.2, 0) is 32.3 Å². The molecule has 0 bridgehead atoms. The van der Waals surface area contributed by atoms with E-state index in [1.54, 1.807) is 17.8 Å². The molecule has 3 saturated heterocycles.